The summed E-state index contributed by atoms with van der Waals surface area (Å²) >= 11 is 0. The molecule has 0 saturated carbocycles. The molecule has 0 atom stereocenters. The molecule has 186 valence electrons. The van der Waals surface area contributed by atoms with Crippen molar-refractivity contribution in [3.8, 4) is 45.6 Å². The van der Waals surface area contributed by atoms with Gasteiger partial charge in [0.05, 0.1) is 0 Å². The predicted octanol–water partition coefficient (Wildman–Crippen LogP) is 6.49. The van der Waals surface area contributed by atoms with Crippen LogP contribution in [-0.2, 0) is 0 Å². The van der Waals surface area contributed by atoms with Crippen LogP contribution >= 0.6 is 0 Å². The van der Waals surface area contributed by atoms with E-state index in [1.165, 1.54) is 0 Å². The first kappa shape index (κ1) is 24.0. The van der Waals surface area contributed by atoms with Gasteiger partial charge in [0.25, 0.3) is 0 Å². The third-order valence-corrected chi connectivity index (χ3v) is 7.46. The Bertz CT molecular complexity index is 2030. The van der Waals surface area contributed by atoms with Crippen molar-refractivity contribution < 1.29 is 0 Å². The number of aromatic amines is 2. The van der Waals surface area contributed by atoms with Crippen LogP contribution in [0.5, 0.6) is 0 Å². The minimum Gasteiger partial charge on any atom is -0.324 e. The Labute approximate surface area is 251 Å². The van der Waals surface area contributed by atoms with E-state index in [0.717, 1.165) is 43.8 Å². The molecule has 41 heavy (non-hydrogen) atoms. The maximum atomic E-state index is 5.02. The van der Waals surface area contributed by atoms with Gasteiger partial charge < -0.3 is 9.97 Å². The number of benzene rings is 4. The third-order valence-electron chi connectivity index (χ3n) is 7.46. The molecule has 9 rings (SSSR count). The van der Waals surface area contributed by atoms with Gasteiger partial charge in [-0.1, -0.05) is 97.1 Å². The molecular formula is C32H18InN8+3. The molecule has 5 heterocycles. The smallest absolute Gasteiger partial charge is 0.324 e. The Balaban J connectivity index is 0.00000256. The average molecular weight is 629 g/mol. The van der Waals surface area contributed by atoms with Gasteiger partial charge in [-0.2, -0.15) is 0 Å². The van der Waals surface area contributed by atoms with Gasteiger partial charge in [-0.3, -0.25) is 0 Å². The fraction of sp³-hybridized carbons (Fsp3) is 0. The van der Waals surface area contributed by atoms with Crippen molar-refractivity contribution in [2.45, 2.75) is 0 Å². The van der Waals surface area contributed by atoms with Crippen LogP contribution in [0, 0.1) is 0 Å². The normalized spacial score (nSPS) is 11.7. The van der Waals surface area contributed by atoms with Crippen molar-refractivity contribution >= 4 is 70.0 Å². The Kier molecular flexibility index (Phi) is 5.30. The quantitative estimate of drug-likeness (QED) is 0.199. The van der Waals surface area contributed by atoms with Crippen molar-refractivity contribution in [2.75, 3.05) is 0 Å². The van der Waals surface area contributed by atoms with Gasteiger partial charge in [-0.25, -0.2) is 29.9 Å². The van der Waals surface area contributed by atoms with Crippen LogP contribution in [-0.4, -0.2) is 65.7 Å². The molecule has 8 nitrogen and oxygen atoms in total. The SMILES string of the molecule is [In+3].c1ccc2c(c1)-c1nc-2nc2[nH]c(nc3nc(nc4[nH]c(n1)c1ccccc41)-c1ccccc1-3)c1ccccc21. The van der Waals surface area contributed by atoms with Crippen LogP contribution in [0.4, 0.5) is 0 Å². The molecule has 2 N–H and O–H groups in total. The molecule has 9 heteroatoms. The molecule has 3 aromatic heterocycles. The van der Waals surface area contributed by atoms with Crippen molar-refractivity contribution in [1.82, 2.24) is 39.9 Å². The maximum Gasteiger partial charge on any atom is 3.00 e. The molecule has 0 amide bonds. The number of fused-ring (bicyclic) bond motifs is 20. The number of nitrogens with zero attached hydrogens (tertiary/aromatic N) is 6. The van der Waals surface area contributed by atoms with E-state index in [4.69, 9.17) is 29.9 Å². The molecule has 0 fully saturated rings. The molecule has 0 radical (unpaired) electrons. The van der Waals surface area contributed by atoms with Crippen LogP contribution in [0.1, 0.15) is 0 Å². The summed E-state index contributed by atoms with van der Waals surface area (Å²) in [7, 11) is 0. The summed E-state index contributed by atoms with van der Waals surface area (Å²) in [4.78, 5) is 36.8. The fourth-order valence-electron chi connectivity index (χ4n) is 5.59. The minimum atomic E-state index is 0. The molecule has 0 saturated heterocycles. The standard InChI is InChI=1S/C32H18N8.In/c1-2-10-18-17(9-1)25-33-26(18)38-28-21-13-5-6-14-22(21)30(35-28)40-32-24-16-8-7-15-23(24)31(36-32)39-29-20-12-4-3-11-19(20)27(34-29)37-25;/h1-16H,(H2,33,34,35,36,37,38,39,40);/q;+3. The van der Waals surface area contributed by atoms with Crippen LogP contribution in [0.3, 0.4) is 0 Å². The first-order valence-corrected chi connectivity index (χ1v) is 13.0. The number of hydrogen-bond donors (Lipinski definition) is 2. The van der Waals surface area contributed by atoms with Crippen molar-refractivity contribution in [3.63, 3.8) is 0 Å². The zero-order chi connectivity index (χ0) is 26.2. The summed E-state index contributed by atoms with van der Waals surface area (Å²) in [5, 5.41) is 3.82. The molecule has 2 aliphatic rings. The molecular weight excluding hydrogens is 611 g/mol. The zero-order valence-electron chi connectivity index (χ0n) is 21.5. The van der Waals surface area contributed by atoms with E-state index in [9.17, 15) is 0 Å². The predicted molar refractivity (Wildman–Crippen MR) is 162 cm³/mol. The first-order valence-electron chi connectivity index (χ1n) is 13.0. The number of nitrogens with one attached hydrogen (secondary N) is 2. The topological polar surface area (TPSA) is 109 Å². The molecule has 0 spiro atoms. The summed E-state index contributed by atoms with van der Waals surface area (Å²) in [6, 6.07) is 32.2. The van der Waals surface area contributed by atoms with E-state index in [1.54, 1.807) is 0 Å². The van der Waals surface area contributed by atoms with E-state index in [2.05, 4.69) is 9.97 Å². The van der Waals surface area contributed by atoms with Gasteiger partial charge in [0.1, 0.15) is 22.6 Å². The van der Waals surface area contributed by atoms with Gasteiger partial charge in [-0.05, 0) is 0 Å². The maximum absolute atomic E-state index is 5.02. The van der Waals surface area contributed by atoms with E-state index in [0.29, 0.717) is 45.9 Å². The Hall–Kier alpha value is -4.89. The van der Waals surface area contributed by atoms with E-state index < -0.39 is 0 Å². The Morgan fingerprint density at radius 3 is 0.829 bits per heavy atom. The van der Waals surface area contributed by atoms with Crippen LogP contribution < -0.4 is 0 Å². The third kappa shape index (κ3) is 3.62. The number of hydrogen-bond acceptors (Lipinski definition) is 6. The monoisotopic (exact) mass is 629 g/mol. The Morgan fingerprint density at radius 1 is 0.317 bits per heavy atom. The van der Waals surface area contributed by atoms with Crippen molar-refractivity contribution in [1.29, 1.82) is 0 Å². The van der Waals surface area contributed by atoms with Crippen molar-refractivity contribution in [2.24, 2.45) is 0 Å². The van der Waals surface area contributed by atoms with E-state index >= 15 is 0 Å². The number of rotatable bonds is 0. The van der Waals surface area contributed by atoms with Gasteiger partial charge >= 0.3 is 25.8 Å². The molecule has 7 aromatic rings. The average Bonchev–Trinajstić information content (AvgIpc) is 3.73. The summed E-state index contributed by atoms with van der Waals surface area (Å²) in [5.74, 6) is 2.39. The van der Waals surface area contributed by atoms with Crippen molar-refractivity contribution in [3.05, 3.63) is 97.1 Å². The van der Waals surface area contributed by atoms with Gasteiger partial charge in [0.2, 0.25) is 0 Å². The molecule has 2 aliphatic heterocycles. The summed E-state index contributed by atoms with van der Waals surface area (Å²) in [5.41, 5.74) is 6.45. The molecule has 0 aliphatic carbocycles. The molecule has 0 unspecified atom stereocenters. The van der Waals surface area contributed by atoms with E-state index in [-0.39, 0.29) is 25.8 Å². The fourth-order valence-corrected chi connectivity index (χ4v) is 5.59. The molecule has 8 bridgehead atoms. The van der Waals surface area contributed by atoms with Gasteiger partial charge in [0.15, 0.2) is 23.3 Å². The van der Waals surface area contributed by atoms with Crippen LogP contribution in [0.15, 0.2) is 97.1 Å². The number of H-pyrrole nitrogens is 2. The number of aromatic nitrogens is 8. The Morgan fingerprint density at radius 2 is 0.561 bits per heavy atom. The molecule has 4 aromatic carbocycles. The first-order chi connectivity index (χ1) is 19.8. The second-order valence-corrected chi connectivity index (χ2v) is 9.79. The minimum absolute atomic E-state index is 0. The zero-order valence-corrected chi connectivity index (χ0v) is 24.8. The summed E-state index contributed by atoms with van der Waals surface area (Å²) < 4.78 is 0. The second-order valence-electron chi connectivity index (χ2n) is 9.79. The van der Waals surface area contributed by atoms with Gasteiger partial charge in [-0.15, -0.1) is 0 Å². The van der Waals surface area contributed by atoms with E-state index in [1.807, 2.05) is 97.1 Å². The summed E-state index contributed by atoms with van der Waals surface area (Å²) in [6.07, 6.45) is 0. The van der Waals surface area contributed by atoms with Crippen LogP contribution in [0.25, 0.3) is 89.7 Å². The van der Waals surface area contributed by atoms with Gasteiger partial charge in [0, 0.05) is 43.8 Å². The summed E-state index contributed by atoms with van der Waals surface area (Å²) in [6.45, 7) is 0. The van der Waals surface area contributed by atoms with Crippen LogP contribution in [0.2, 0.25) is 0 Å². The largest absolute Gasteiger partial charge is 3.00 e. The second kappa shape index (κ2) is 9.07.